The van der Waals surface area contributed by atoms with E-state index < -0.39 is 5.60 Å². The molecule has 2 bridgehead atoms. The molecule has 4 atom stereocenters. The highest BCUT2D eigenvalue weighted by atomic mass is 16.5. The maximum Gasteiger partial charge on any atom is 0.0779 e. The van der Waals surface area contributed by atoms with Gasteiger partial charge in [-0.15, -0.1) is 0 Å². The lowest BCUT2D eigenvalue weighted by molar-refractivity contribution is -0.113. The lowest BCUT2D eigenvalue weighted by atomic mass is 9.60. The molecule has 0 spiro atoms. The quantitative estimate of drug-likeness (QED) is 0.866. The summed E-state index contributed by atoms with van der Waals surface area (Å²) in [7, 11) is 0. The van der Waals surface area contributed by atoms with Crippen LogP contribution in [0.3, 0.4) is 0 Å². The van der Waals surface area contributed by atoms with E-state index in [0.717, 1.165) is 19.3 Å². The van der Waals surface area contributed by atoms with Gasteiger partial charge in [0.15, 0.2) is 0 Å². The van der Waals surface area contributed by atoms with E-state index in [1.807, 2.05) is 18.2 Å². The molecule has 3 nitrogen and oxygen atoms in total. The predicted molar refractivity (Wildman–Crippen MR) is 79.4 cm³/mol. The average Bonchev–Trinajstić information content (AvgIpc) is 3.09. The van der Waals surface area contributed by atoms with E-state index in [0.29, 0.717) is 25.5 Å². The van der Waals surface area contributed by atoms with Crippen LogP contribution < -0.4 is 5.73 Å². The van der Waals surface area contributed by atoms with Crippen molar-refractivity contribution in [3.8, 4) is 0 Å². The fourth-order valence-corrected chi connectivity index (χ4v) is 4.28. The monoisotopic (exact) mass is 275 g/mol. The van der Waals surface area contributed by atoms with Crippen LogP contribution in [0.4, 0.5) is 0 Å². The number of hydrogen-bond donors (Lipinski definition) is 2. The normalized spacial score (nSPS) is 35.1. The molecule has 3 heteroatoms. The molecule has 2 saturated heterocycles. The molecule has 0 amide bonds. The van der Waals surface area contributed by atoms with Crippen LogP contribution in [0.1, 0.15) is 38.2 Å². The summed E-state index contributed by atoms with van der Waals surface area (Å²) < 4.78 is 6.02. The van der Waals surface area contributed by atoms with Crippen molar-refractivity contribution in [2.24, 2.45) is 11.1 Å². The van der Waals surface area contributed by atoms with Crippen molar-refractivity contribution >= 4 is 0 Å². The summed E-state index contributed by atoms with van der Waals surface area (Å²) in [5, 5.41) is 11.4. The van der Waals surface area contributed by atoms with Crippen LogP contribution in [0.15, 0.2) is 30.3 Å². The summed E-state index contributed by atoms with van der Waals surface area (Å²) in [6.07, 6.45) is 4.88. The molecule has 2 aliphatic heterocycles. The predicted octanol–water partition coefficient (Wildman–Crippen LogP) is 2.27. The van der Waals surface area contributed by atoms with Gasteiger partial charge in [0.05, 0.1) is 17.8 Å². The van der Waals surface area contributed by atoms with Crippen molar-refractivity contribution in [2.75, 3.05) is 6.54 Å². The largest absolute Gasteiger partial charge is 0.389 e. The fraction of sp³-hybridized carbons (Fsp3) is 0.647. The van der Waals surface area contributed by atoms with Crippen molar-refractivity contribution in [3.05, 3.63) is 35.9 Å². The molecule has 0 saturated carbocycles. The Morgan fingerprint density at radius 3 is 2.60 bits per heavy atom. The first kappa shape index (κ1) is 14.1. The molecular weight excluding hydrogens is 250 g/mol. The second-order valence-corrected chi connectivity index (χ2v) is 6.44. The van der Waals surface area contributed by atoms with E-state index in [4.69, 9.17) is 10.5 Å². The SMILES string of the molecule is CCC(O)(Cc1ccccc1)C1(CN)CC2CCC1O2. The zero-order valence-corrected chi connectivity index (χ0v) is 12.2. The Hall–Kier alpha value is -0.900. The fourth-order valence-electron chi connectivity index (χ4n) is 4.28. The molecule has 2 aliphatic rings. The Morgan fingerprint density at radius 2 is 2.10 bits per heavy atom. The van der Waals surface area contributed by atoms with Gasteiger partial charge in [-0.3, -0.25) is 0 Å². The summed E-state index contributed by atoms with van der Waals surface area (Å²) in [6.45, 7) is 2.57. The number of benzene rings is 1. The minimum Gasteiger partial charge on any atom is -0.389 e. The third-order valence-electron chi connectivity index (χ3n) is 5.53. The van der Waals surface area contributed by atoms with E-state index in [1.54, 1.807) is 0 Å². The third kappa shape index (κ3) is 2.00. The van der Waals surface area contributed by atoms with Gasteiger partial charge in [0.2, 0.25) is 0 Å². The van der Waals surface area contributed by atoms with Gasteiger partial charge >= 0.3 is 0 Å². The highest BCUT2D eigenvalue weighted by molar-refractivity contribution is 5.21. The maximum atomic E-state index is 11.4. The van der Waals surface area contributed by atoms with E-state index in [1.165, 1.54) is 5.56 Å². The Kier molecular flexibility index (Phi) is 3.61. The van der Waals surface area contributed by atoms with Gasteiger partial charge in [-0.1, -0.05) is 37.3 Å². The highest BCUT2D eigenvalue weighted by Gasteiger charge is 2.61. The maximum absolute atomic E-state index is 11.4. The standard InChI is InChI=1S/C17H25NO2/c1-2-17(19,10-13-6-4-3-5-7-13)16(12-18)11-14-8-9-15(16)20-14/h3-7,14-15,19H,2,8-12,18H2,1H3. The van der Waals surface area contributed by atoms with E-state index in [9.17, 15) is 5.11 Å². The number of rotatable bonds is 5. The molecule has 1 aromatic carbocycles. The highest BCUT2D eigenvalue weighted by Crippen LogP contribution is 2.54. The van der Waals surface area contributed by atoms with E-state index in [-0.39, 0.29) is 11.5 Å². The van der Waals surface area contributed by atoms with Crippen molar-refractivity contribution < 1.29 is 9.84 Å². The second-order valence-electron chi connectivity index (χ2n) is 6.44. The molecule has 2 fully saturated rings. The number of fused-ring (bicyclic) bond motifs is 2. The molecule has 0 aliphatic carbocycles. The topological polar surface area (TPSA) is 55.5 Å². The summed E-state index contributed by atoms with van der Waals surface area (Å²) in [6, 6.07) is 10.2. The van der Waals surface area contributed by atoms with Crippen LogP contribution in [0.2, 0.25) is 0 Å². The Balaban J connectivity index is 1.91. The first-order chi connectivity index (χ1) is 9.63. The van der Waals surface area contributed by atoms with Gasteiger partial charge in [-0.25, -0.2) is 0 Å². The zero-order chi connectivity index (χ0) is 14.2. The molecular formula is C17H25NO2. The van der Waals surface area contributed by atoms with E-state index in [2.05, 4.69) is 19.1 Å². The average molecular weight is 275 g/mol. The molecule has 3 N–H and O–H groups in total. The van der Waals surface area contributed by atoms with Gasteiger partial charge in [-0.2, -0.15) is 0 Å². The number of aliphatic hydroxyl groups is 1. The molecule has 3 rings (SSSR count). The summed E-state index contributed by atoms with van der Waals surface area (Å²) in [4.78, 5) is 0. The van der Waals surface area contributed by atoms with Crippen LogP contribution in [0.5, 0.6) is 0 Å². The van der Waals surface area contributed by atoms with Crippen LogP contribution in [-0.4, -0.2) is 29.5 Å². The summed E-state index contributed by atoms with van der Waals surface area (Å²) in [5.41, 5.74) is 6.25. The van der Waals surface area contributed by atoms with Gasteiger partial charge in [0.1, 0.15) is 0 Å². The number of hydrogen-bond acceptors (Lipinski definition) is 3. The van der Waals surface area contributed by atoms with Gasteiger partial charge in [0.25, 0.3) is 0 Å². The number of ether oxygens (including phenoxy) is 1. The third-order valence-corrected chi connectivity index (χ3v) is 5.53. The minimum atomic E-state index is -0.775. The lowest BCUT2D eigenvalue weighted by Crippen LogP contribution is -2.58. The van der Waals surface area contributed by atoms with Crippen LogP contribution in [0, 0.1) is 5.41 Å². The van der Waals surface area contributed by atoms with E-state index >= 15 is 0 Å². The van der Waals surface area contributed by atoms with Gasteiger partial charge in [-0.05, 0) is 31.2 Å². The smallest absolute Gasteiger partial charge is 0.0779 e. The molecule has 4 unspecified atom stereocenters. The van der Waals surface area contributed by atoms with Crippen LogP contribution in [0.25, 0.3) is 0 Å². The Bertz CT molecular complexity index is 463. The molecule has 0 aromatic heterocycles. The summed E-state index contributed by atoms with van der Waals surface area (Å²) >= 11 is 0. The Labute approximate surface area is 121 Å². The second kappa shape index (κ2) is 5.14. The van der Waals surface area contributed by atoms with Crippen molar-refractivity contribution in [2.45, 2.75) is 56.8 Å². The molecule has 20 heavy (non-hydrogen) atoms. The Morgan fingerprint density at radius 1 is 1.35 bits per heavy atom. The first-order valence-electron chi connectivity index (χ1n) is 7.75. The first-order valence-corrected chi connectivity index (χ1v) is 7.75. The van der Waals surface area contributed by atoms with Crippen molar-refractivity contribution in [3.63, 3.8) is 0 Å². The molecule has 110 valence electrons. The van der Waals surface area contributed by atoms with Crippen molar-refractivity contribution in [1.29, 1.82) is 0 Å². The number of nitrogens with two attached hydrogens (primary N) is 1. The molecule has 2 heterocycles. The molecule has 0 radical (unpaired) electrons. The molecule has 1 aromatic rings. The van der Waals surface area contributed by atoms with Crippen LogP contribution in [-0.2, 0) is 11.2 Å². The minimum absolute atomic E-state index is 0.131. The van der Waals surface area contributed by atoms with Crippen LogP contribution >= 0.6 is 0 Å². The van der Waals surface area contributed by atoms with Gasteiger partial charge < -0.3 is 15.6 Å². The lowest BCUT2D eigenvalue weighted by Gasteiger charge is -2.48. The van der Waals surface area contributed by atoms with Gasteiger partial charge in [0, 0.05) is 18.4 Å². The zero-order valence-electron chi connectivity index (χ0n) is 12.2. The van der Waals surface area contributed by atoms with Crippen molar-refractivity contribution in [1.82, 2.24) is 0 Å². The summed E-state index contributed by atoms with van der Waals surface area (Å²) in [5.74, 6) is 0.